The van der Waals surface area contributed by atoms with E-state index in [-0.39, 0.29) is 31.3 Å². The summed E-state index contributed by atoms with van der Waals surface area (Å²) >= 11 is 1.38. The summed E-state index contributed by atoms with van der Waals surface area (Å²) in [4.78, 5) is 36.6. The molecule has 28 heavy (non-hydrogen) atoms. The lowest BCUT2D eigenvalue weighted by atomic mass is 10.1. The Balaban J connectivity index is 2.02. The molecule has 0 atom stereocenters. The van der Waals surface area contributed by atoms with Crippen molar-refractivity contribution in [2.24, 2.45) is 0 Å². The molecule has 0 aliphatic heterocycles. The summed E-state index contributed by atoms with van der Waals surface area (Å²) in [6.45, 7) is 2.01. The van der Waals surface area contributed by atoms with Crippen LogP contribution in [0.4, 0.5) is 5.00 Å². The maximum absolute atomic E-state index is 12.3. The first-order valence-electron chi connectivity index (χ1n) is 9.24. The van der Waals surface area contributed by atoms with Crippen molar-refractivity contribution in [2.45, 2.75) is 39.0 Å². The van der Waals surface area contributed by atoms with Gasteiger partial charge < -0.3 is 14.8 Å². The first-order chi connectivity index (χ1) is 13.5. The van der Waals surface area contributed by atoms with Crippen molar-refractivity contribution < 1.29 is 23.9 Å². The Morgan fingerprint density at radius 3 is 2.46 bits per heavy atom. The smallest absolute Gasteiger partial charge is 0.341 e. The van der Waals surface area contributed by atoms with Gasteiger partial charge in [-0.25, -0.2) is 4.79 Å². The van der Waals surface area contributed by atoms with Gasteiger partial charge in [-0.15, -0.1) is 11.3 Å². The normalized spacial score (nSPS) is 10.4. The van der Waals surface area contributed by atoms with Gasteiger partial charge in [0.25, 0.3) is 0 Å². The van der Waals surface area contributed by atoms with Crippen LogP contribution in [-0.4, -0.2) is 31.6 Å². The molecular formula is C21H25NO5S. The van der Waals surface area contributed by atoms with Crippen LogP contribution in [0.1, 0.15) is 53.4 Å². The number of benzene rings is 1. The molecule has 1 amide bonds. The van der Waals surface area contributed by atoms with E-state index in [0.29, 0.717) is 29.8 Å². The van der Waals surface area contributed by atoms with E-state index >= 15 is 0 Å². The number of carbonyl (C=O) groups is 3. The molecule has 0 aliphatic rings. The Hall–Kier alpha value is -2.67. The summed E-state index contributed by atoms with van der Waals surface area (Å²) in [6.07, 6.45) is 2.38. The van der Waals surface area contributed by atoms with Crippen molar-refractivity contribution >= 4 is 34.2 Å². The third-order valence-corrected chi connectivity index (χ3v) is 5.07. The molecule has 1 aromatic heterocycles. The number of methoxy groups -OCH3 is 1. The molecule has 0 spiro atoms. The predicted octanol–water partition coefficient (Wildman–Crippen LogP) is 4.19. The third kappa shape index (κ3) is 6.81. The van der Waals surface area contributed by atoms with Crippen molar-refractivity contribution in [3.05, 3.63) is 52.4 Å². The highest BCUT2D eigenvalue weighted by Gasteiger charge is 2.19. The minimum atomic E-state index is -0.445. The summed E-state index contributed by atoms with van der Waals surface area (Å²) in [7, 11) is 1.34. The molecule has 2 rings (SSSR count). The van der Waals surface area contributed by atoms with E-state index in [1.807, 2.05) is 30.3 Å². The summed E-state index contributed by atoms with van der Waals surface area (Å²) in [5, 5.41) is 3.32. The van der Waals surface area contributed by atoms with Gasteiger partial charge in [0.1, 0.15) is 5.00 Å². The molecule has 0 bridgehead atoms. The zero-order chi connectivity index (χ0) is 20.4. The van der Waals surface area contributed by atoms with Crippen LogP contribution < -0.4 is 5.32 Å². The zero-order valence-corrected chi connectivity index (χ0v) is 17.0. The summed E-state index contributed by atoms with van der Waals surface area (Å²) in [6, 6.07) is 11.7. The fraction of sp³-hybridized carbons (Fsp3) is 0.381. The second-order valence-electron chi connectivity index (χ2n) is 6.17. The van der Waals surface area contributed by atoms with Crippen molar-refractivity contribution in [3.8, 4) is 0 Å². The summed E-state index contributed by atoms with van der Waals surface area (Å²) < 4.78 is 9.70. The number of hydrogen-bond acceptors (Lipinski definition) is 6. The third-order valence-electron chi connectivity index (χ3n) is 4.01. The number of amides is 1. The fourth-order valence-electron chi connectivity index (χ4n) is 2.63. The van der Waals surface area contributed by atoms with Crippen molar-refractivity contribution in [2.75, 3.05) is 19.0 Å². The number of esters is 2. The summed E-state index contributed by atoms with van der Waals surface area (Å²) in [5.74, 6) is -0.920. The van der Waals surface area contributed by atoms with Gasteiger partial charge in [-0.2, -0.15) is 0 Å². The second kappa shape index (κ2) is 11.2. The molecule has 1 aromatic carbocycles. The van der Waals surface area contributed by atoms with Gasteiger partial charge in [0.15, 0.2) is 0 Å². The number of rotatable bonds is 10. The quantitative estimate of drug-likeness (QED) is 0.475. The Labute approximate surface area is 168 Å². The average Bonchev–Trinajstić information content (AvgIpc) is 3.08. The topological polar surface area (TPSA) is 81.7 Å². The van der Waals surface area contributed by atoms with Crippen LogP contribution in [0, 0.1) is 0 Å². The van der Waals surface area contributed by atoms with Crippen LogP contribution in [0.5, 0.6) is 0 Å². The largest absolute Gasteiger partial charge is 0.469 e. The van der Waals surface area contributed by atoms with Crippen LogP contribution in [-0.2, 0) is 25.5 Å². The lowest BCUT2D eigenvalue weighted by Crippen LogP contribution is -2.14. The Morgan fingerprint density at radius 1 is 1.07 bits per heavy atom. The molecule has 0 fully saturated rings. The average molecular weight is 404 g/mol. The predicted molar refractivity (Wildman–Crippen MR) is 109 cm³/mol. The van der Waals surface area contributed by atoms with E-state index in [1.54, 1.807) is 13.0 Å². The van der Waals surface area contributed by atoms with Crippen LogP contribution in [0.2, 0.25) is 0 Å². The molecule has 150 valence electrons. The van der Waals surface area contributed by atoms with Gasteiger partial charge in [-0.05, 0) is 31.4 Å². The molecule has 0 radical (unpaired) electrons. The number of carbonyl (C=O) groups excluding carboxylic acids is 3. The van der Waals surface area contributed by atoms with Gasteiger partial charge in [0, 0.05) is 24.1 Å². The molecular weight excluding hydrogens is 378 g/mol. The SMILES string of the molecule is CCOC(=O)c1cc(Cc2ccccc2)sc1NC(=O)CCCCC(=O)OC. The Morgan fingerprint density at radius 2 is 1.79 bits per heavy atom. The van der Waals surface area contributed by atoms with E-state index in [0.717, 1.165) is 10.4 Å². The molecule has 0 unspecified atom stereocenters. The van der Waals surface area contributed by atoms with Gasteiger partial charge in [0.2, 0.25) is 5.91 Å². The number of nitrogens with one attached hydrogen (secondary N) is 1. The van der Waals surface area contributed by atoms with Crippen LogP contribution in [0.3, 0.4) is 0 Å². The monoisotopic (exact) mass is 403 g/mol. The molecule has 1 N–H and O–H groups in total. The second-order valence-corrected chi connectivity index (χ2v) is 7.31. The van der Waals surface area contributed by atoms with E-state index < -0.39 is 5.97 Å². The van der Waals surface area contributed by atoms with Crippen molar-refractivity contribution in [1.82, 2.24) is 0 Å². The Bertz CT molecular complexity index is 800. The van der Waals surface area contributed by atoms with Crippen molar-refractivity contribution in [1.29, 1.82) is 0 Å². The minimum absolute atomic E-state index is 0.191. The maximum Gasteiger partial charge on any atom is 0.341 e. The molecule has 0 saturated carbocycles. The highest BCUT2D eigenvalue weighted by atomic mass is 32.1. The Kier molecular flexibility index (Phi) is 8.68. The maximum atomic E-state index is 12.3. The van der Waals surface area contributed by atoms with E-state index in [4.69, 9.17) is 4.74 Å². The summed E-state index contributed by atoms with van der Waals surface area (Å²) in [5.41, 5.74) is 1.50. The fourth-order valence-corrected chi connectivity index (χ4v) is 3.72. The molecule has 6 nitrogen and oxygen atoms in total. The van der Waals surface area contributed by atoms with E-state index in [2.05, 4.69) is 10.1 Å². The number of ether oxygens (including phenoxy) is 2. The standard InChI is InChI=1S/C21H25NO5S/c1-3-27-21(25)17-14-16(13-15-9-5-4-6-10-15)28-20(17)22-18(23)11-7-8-12-19(24)26-2/h4-6,9-10,14H,3,7-8,11-13H2,1-2H3,(H,22,23). The highest BCUT2D eigenvalue weighted by molar-refractivity contribution is 7.16. The van der Waals surface area contributed by atoms with Gasteiger partial charge in [-0.3, -0.25) is 9.59 Å². The number of anilines is 1. The van der Waals surface area contributed by atoms with Gasteiger partial charge in [0.05, 0.1) is 19.3 Å². The van der Waals surface area contributed by atoms with Crippen LogP contribution in [0.15, 0.2) is 36.4 Å². The molecule has 0 aliphatic carbocycles. The van der Waals surface area contributed by atoms with Gasteiger partial charge >= 0.3 is 11.9 Å². The molecule has 2 aromatic rings. The zero-order valence-electron chi connectivity index (χ0n) is 16.2. The number of unbranched alkanes of at least 4 members (excludes halogenated alkanes) is 1. The minimum Gasteiger partial charge on any atom is -0.469 e. The van der Waals surface area contributed by atoms with Crippen molar-refractivity contribution in [3.63, 3.8) is 0 Å². The first kappa shape index (κ1) is 21.6. The van der Waals surface area contributed by atoms with E-state index in [1.165, 1.54) is 18.4 Å². The van der Waals surface area contributed by atoms with Crippen LogP contribution >= 0.6 is 11.3 Å². The molecule has 0 saturated heterocycles. The van der Waals surface area contributed by atoms with Crippen LogP contribution in [0.25, 0.3) is 0 Å². The highest BCUT2D eigenvalue weighted by Crippen LogP contribution is 2.31. The number of thiophene rings is 1. The van der Waals surface area contributed by atoms with Gasteiger partial charge in [-0.1, -0.05) is 30.3 Å². The first-order valence-corrected chi connectivity index (χ1v) is 10.1. The molecule has 7 heteroatoms. The lowest BCUT2D eigenvalue weighted by Gasteiger charge is -2.06. The lowest BCUT2D eigenvalue weighted by molar-refractivity contribution is -0.140. The van der Waals surface area contributed by atoms with E-state index in [9.17, 15) is 14.4 Å². The molecule has 1 heterocycles. The number of hydrogen-bond donors (Lipinski definition) is 1.